The largest absolute Gasteiger partial charge is 0.464 e. The van der Waals surface area contributed by atoms with Crippen LogP contribution in [-0.4, -0.2) is 9.55 Å². The minimum Gasteiger partial charge on any atom is -0.464 e. The van der Waals surface area contributed by atoms with Gasteiger partial charge >= 0.3 is 0 Å². The molecule has 3 heterocycles. The fourth-order valence-electron chi connectivity index (χ4n) is 4.07. The monoisotopic (exact) mass is 360 g/mol. The lowest BCUT2D eigenvalue weighted by Gasteiger charge is -2.09. The van der Waals surface area contributed by atoms with E-state index in [4.69, 9.17) is 4.42 Å². The van der Waals surface area contributed by atoms with Gasteiger partial charge in [-0.05, 0) is 48.5 Å². The summed E-state index contributed by atoms with van der Waals surface area (Å²) in [6, 6.07) is 29.4. The van der Waals surface area contributed by atoms with Gasteiger partial charge in [-0.1, -0.05) is 36.4 Å². The van der Waals surface area contributed by atoms with Gasteiger partial charge in [0.2, 0.25) is 0 Å². The fraction of sp³-hybridized carbons (Fsp3) is 0. The topological polar surface area (TPSA) is 31.0 Å². The van der Waals surface area contributed by atoms with E-state index in [2.05, 4.69) is 70.2 Å². The fourth-order valence-corrected chi connectivity index (χ4v) is 4.07. The van der Waals surface area contributed by atoms with E-state index in [1.165, 1.54) is 10.9 Å². The Balaban J connectivity index is 1.63. The molecule has 0 aliphatic carbocycles. The Bertz CT molecular complexity index is 1440. The normalized spacial score (nSPS) is 11.6. The number of nitrogens with zero attached hydrogens (tertiary/aromatic N) is 2. The van der Waals surface area contributed by atoms with Crippen molar-refractivity contribution in [3.05, 3.63) is 97.4 Å². The molecule has 3 nitrogen and oxygen atoms in total. The second-order valence-electron chi connectivity index (χ2n) is 6.91. The lowest BCUT2D eigenvalue weighted by Crippen LogP contribution is -1.93. The Morgan fingerprint density at radius 3 is 2.43 bits per heavy atom. The number of pyridine rings is 1. The van der Waals surface area contributed by atoms with Crippen LogP contribution in [0.4, 0.5) is 0 Å². The van der Waals surface area contributed by atoms with Crippen molar-refractivity contribution in [2.24, 2.45) is 0 Å². The van der Waals surface area contributed by atoms with Crippen molar-refractivity contribution < 1.29 is 4.42 Å². The van der Waals surface area contributed by atoms with Crippen molar-refractivity contribution >= 4 is 32.8 Å². The molecule has 3 aromatic carbocycles. The van der Waals surface area contributed by atoms with Crippen molar-refractivity contribution in [2.45, 2.75) is 0 Å². The highest BCUT2D eigenvalue weighted by molar-refractivity contribution is 6.19. The van der Waals surface area contributed by atoms with Crippen molar-refractivity contribution in [2.75, 3.05) is 0 Å². The maximum Gasteiger partial charge on any atom is 0.143 e. The van der Waals surface area contributed by atoms with Crippen LogP contribution in [0.2, 0.25) is 0 Å². The molecule has 6 rings (SSSR count). The predicted octanol–water partition coefficient (Wildman–Crippen LogP) is 6.59. The molecular formula is C25H16N2O. The summed E-state index contributed by atoms with van der Waals surface area (Å²) in [6.45, 7) is 0. The van der Waals surface area contributed by atoms with Gasteiger partial charge in [-0.15, -0.1) is 0 Å². The van der Waals surface area contributed by atoms with Crippen LogP contribution in [0, 0.1) is 0 Å². The Morgan fingerprint density at radius 2 is 1.57 bits per heavy atom. The van der Waals surface area contributed by atoms with Gasteiger partial charge in [-0.2, -0.15) is 0 Å². The molecule has 0 spiro atoms. The Morgan fingerprint density at radius 1 is 0.714 bits per heavy atom. The molecule has 3 heteroatoms. The van der Waals surface area contributed by atoms with Gasteiger partial charge in [0.15, 0.2) is 0 Å². The third-order valence-corrected chi connectivity index (χ3v) is 5.34. The molecule has 0 saturated carbocycles. The molecule has 0 unspecified atom stereocenters. The number of hydrogen-bond donors (Lipinski definition) is 0. The Kier molecular flexibility index (Phi) is 3.17. The van der Waals surface area contributed by atoms with E-state index < -0.39 is 0 Å². The first-order valence-electron chi connectivity index (χ1n) is 9.31. The molecule has 0 amide bonds. The second-order valence-corrected chi connectivity index (χ2v) is 6.91. The third-order valence-electron chi connectivity index (χ3n) is 5.34. The zero-order valence-electron chi connectivity index (χ0n) is 15.0. The SMILES string of the molecule is c1ccc(-c2ccc(-n3c4ccccc4c4c5occc5ccc43)cc2)nc1. The van der Waals surface area contributed by atoms with Crippen LogP contribution in [0.25, 0.3) is 49.7 Å². The molecule has 132 valence electrons. The number of hydrogen-bond acceptors (Lipinski definition) is 2. The average molecular weight is 360 g/mol. The van der Waals surface area contributed by atoms with Gasteiger partial charge < -0.3 is 8.98 Å². The average Bonchev–Trinajstić information content (AvgIpc) is 3.36. The smallest absolute Gasteiger partial charge is 0.143 e. The molecule has 28 heavy (non-hydrogen) atoms. The summed E-state index contributed by atoms with van der Waals surface area (Å²) in [5.41, 5.74) is 6.47. The maximum absolute atomic E-state index is 5.84. The number of benzene rings is 3. The molecule has 0 saturated heterocycles. The molecule has 6 aromatic rings. The van der Waals surface area contributed by atoms with Crippen LogP contribution in [0.15, 0.2) is 102 Å². The first-order valence-corrected chi connectivity index (χ1v) is 9.31. The molecule has 0 atom stereocenters. The number of fused-ring (bicyclic) bond motifs is 5. The van der Waals surface area contributed by atoms with E-state index >= 15 is 0 Å². The molecule has 3 aromatic heterocycles. The lowest BCUT2D eigenvalue weighted by molar-refractivity contribution is 0.619. The van der Waals surface area contributed by atoms with Gasteiger partial charge in [0.1, 0.15) is 5.58 Å². The highest BCUT2D eigenvalue weighted by Crippen LogP contribution is 2.37. The Labute approximate surface area is 161 Å². The van der Waals surface area contributed by atoms with Crippen LogP contribution in [0.3, 0.4) is 0 Å². The van der Waals surface area contributed by atoms with Gasteiger partial charge in [0, 0.05) is 28.2 Å². The van der Waals surface area contributed by atoms with Gasteiger partial charge in [-0.25, -0.2) is 0 Å². The number of furan rings is 1. The van der Waals surface area contributed by atoms with E-state index in [1.807, 2.05) is 30.5 Å². The van der Waals surface area contributed by atoms with Crippen LogP contribution >= 0.6 is 0 Å². The quantitative estimate of drug-likeness (QED) is 0.349. The first-order chi connectivity index (χ1) is 13.9. The summed E-state index contributed by atoms with van der Waals surface area (Å²) in [5.74, 6) is 0. The van der Waals surface area contributed by atoms with Gasteiger partial charge in [0.25, 0.3) is 0 Å². The van der Waals surface area contributed by atoms with E-state index in [9.17, 15) is 0 Å². The number of rotatable bonds is 2. The van der Waals surface area contributed by atoms with Crippen molar-refractivity contribution in [1.29, 1.82) is 0 Å². The number of aromatic nitrogens is 2. The third kappa shape index (κ3) is 2.13. The van der Waals surface area contributed by atoms with Crippen molar-refractivity contribution in [3.8, 4) is 16.9 Å². The van der Waals surface area contributed by atoms with Gasteiger partial charge in [-0.3, -0.25) is 4.98 Å². The van der Waals surface area contributed by atoms with E-state index in [1.54, 1.807) is 6.26 Å². The van der Waals surface area contributed by atoms with Gasteiger partial charge in [0.05, 0.1) is 28.4 Å². The van der Waals surface area contributed by atoms with E-state index in [0.717, 1.165) is 38.8 Å². The highest BCUT2D eigenvalue weighted by Gasteiger charge is 2.16. The minimum absolute atomic E-state index is 0.942. The molecule has 0 N–H and O–H groups in total. The van der Waals surface area contributed by atoms with E-state index in [0.29, 0.717) is 0 Å². The van der Waals surface area contributed by atoms with Crippen LogP contribution in [-0.2, 0) is 0 Å². The molecule has 0 fully saturated rings. The summed E-state index contributed by atoms with van der Waals surface area (Å²) in [4.78, 5) is 4.45. The Hall–Kier alpha value is -3.85. The summed E-state index contributed by atoms with van der Waals surface area (Å²) in [6.07, 6.45) is 3.59. The number of para-hydroxylation sites is 1. The zero-order chi connectivity index (χ0) is 18.5. The summed E-state index contributed by atoms with van der Waals surface area (Å²) < 4.78 is 8.14. The van der Waals surface area contributed by atoms with Crippen LogP contribution in [0.1, 0.15) is 0 Å². The zero-order valence-corrected chi connectivity index (χ0v) is 15.0. The van der Waals surface area contributed by atoms with E-state index in [-0.39, 0.29) is 0 Å². The second kappa shape index (κ2) is 5.83. The summed E-state index contributed by atoms with van der Waals surface area (Å²) in [7, 11) is 0. The lowest BCUT2D eigenvalue weighted by atomic mass is 10.1. The predicted molar refractivity (Wildman–Crippen MR) is 114 cm³/mol. The van der Waals surface area contributed by atoms with Crippen LogP contribution < -0.4 is 0 Å². The van der Waals surface area contributed by atoms with Crippen molar-refractivity contribution in [1.82, 2.24) is 9.55 Å². The standard InChI is InChI=1S/C25H16N2O/c1-2-7-22-20(5-1)24-23(13-10-18-14-16-28-25(18)24)27(22)19-11-8-17(9-12-19)21-6-3-4-15-26-21/h1-16H. The maximum atomic E-state index is 5.84. The first kappa shape index (κ1) is 15.2. The van der Waals surface area contributed by atoms with Crippen molar-refractivity contribution in [3.63, 3.8) is 0 Å². The molecular weight excluding hydrogens is 344 g/mol. The molecule has 0 radical (unpaired) electrons. The molecule has 0 aliphatic rings. The molecule has 0 aliphatic heterocycles. The summed E-state index contributed by atoms with van der Waals surface area (Å²) in [5, 5.41) is 3.49. The van der Waals surface area contributed by atoms with Crippen LogP contribution in [0.5, 0.6) is 0 Å². The summed E-state index contributed by atoms with van der Waals surface area (Å²) >= 11 is 0. The highest BCUT2D eigenvalue weighted by atomic mass is 16.3. The molecule has 0 bridgehead atoms. The minimum atomic E-state index is 0.942.